The van der Waals surface area contributed by atoms with Gasteiger partial charge in [0.05, 0.1) is 4.92 Å². The predicted molar refractivity (Wildman–Crippen MR) is 56.9 cm³/mol. The van der Waals surface area contributed by atoms with Gasteiger partial charge in [-0.2, -0.15) is 0 Å². The maximum absolute atomic E-state index is 11.6. The van der Waals surface area contributed by atoms with Crippen LogP contribution in [0.2, 0.25) is 0 Å². The van der Waals surface area contributed by atoms with Gasteiger partial charge >= 0.3 is 0 Å². The SMILES string of the molecule is C.O=C(c1cccc([N+](=O)[O-])c1)C1CC1. The van der Waals surface area contributed by atoms with Crippen molar-refractivity contribution < 1.29 is 9.72 Å². The minimum Gasteiger partial charge on any atom is -0.294 e. The topological polar surface area (TPSA) is 60.2 Å². The zero-order valence-electron chi connectivity index (χ0n) is 7.47. The number of carbonyl (C=O) groups is 1. The van der Waals surface area contributed by atoms with E-state index in [9.17, 15) is 14.9 Å². The third-order valence-electron chi connectivity index (χ3n) is 2.29. The number of nitro benzene ring substituents is 1. The highest BCUT2D eigenvalue weighted by Crippen LogP contribution is 2.33. The number of rotatable bonds is 3. The van der Waals surface area contributed by atoms with Gasteiger partial charge in [0.25, 0.3) is 5.69 Å². The van der Waals surface area contributed by atoms with Crippen molar-refractivity contribution in [3.8, 4) is 0 Å². The molecule has 0 saturated heterocycles. The summed E-state index contributed by atoms with van der Waals surface area (Å²) in [5.41, 5.74) is 0.443. The van der Waals surface area contributed by atoms with Gasteiger partial charge in [0, 0.05) is 23.6 Å². The number of nitrogens with zero attached hydrogens (tertiary/aromatic N) is 1. The quantitative estimate of drug-likeness (QED) is 0.435. The molecular formula is C11H13NO3. The summed E-state index contributed by atoms with van der Waals surface area (Å²) in [7, 11) is 0. The average molecular weight is 207 g/mol. The van der Waals surface area contributed by atoms with Crippen LogP contribution in [-0.4, -0.2) is 10.7 Å². The molecule has 0 N–H and O–H groups in total. The van der Waals surface area contributed by atoms with E-state index < -0.39 is 4.92 Å². The number of benzene rings is 1. The maximum Gasteiger partial charge on any atom is 0.270 e. The Balaban J connectivity index is 0.00000112. The van der Waals surface area contributed by atoms with E-state index in [2.05, 4.69) is 0 Å². The first-order valence-corrected chi connectivity index (χ1v) is 4.47. The Bertz CT molecular complexity index is 397. The van der Waals surface area contributed by atoms with E-state index in [0.717, 1.165) is 12.8 Å². The highest BCUT2D eigenvalue weighted by atomic mass is 16.6. The lowest BCUT2D eigenvalue weighted by Gasteiger charge is -1.97. The lowest BCUT2D eigenvalue weighted by atomic mass is 10.1. The monoisotopic (exact) mass is 207 g/mol. The van der Waals surface area contributed by atoms with Crippen LogP contribution in [0, 0.1) is 16.0 Å². The Labute approximate surface area is 88.1 Å². The van der Waals surface area contributed by atoms with Crippen LogP contribution in [0.1, 0.15) is 30.6 Å². The van der Waals surface area contributed by atoms with E-state index in [4.69, 9.17) is 0 Å². The summed E-state index contributed by atoms with van der Waals surface area (Å²) in [6, 6.07) is 5.92. The molecule has 0 unspecified atom stereocenters. The zero-order chi connectivity index (χ0) is 10.1. The van der Waals surface area contributed by atoms with Crippen LogP contribution in [0.3, 0.4) is 0 Å². The highest BCUT2D eigenvalue weighted by molar-refractivity contribution is 5.99. The van der Waals surface area contributed by atoms with E-state index in [0.29, 0.717) is 5.56 Å². The molecule has 0 heterocycles. The van der Waals surface area contributed by atoms with Gasteiger partial charge in [-0.15, -0.1) is 0 Å². The standard InChI is InChI=1S/C10H9NO3.CH4/c12-10(7-4-5-7)8-2-1-3-9(6-8)11(13)14;/h1-3,6-7H,4-5H2;1H4. The lowest BCUT2D eigenvalue weighted by molar-refractivity contribution is -0.384. The van der Waals surface area contributed by atoms with Crippen molar-refractivity contribution in [1.29, 1.82) is 0 Å². The van der Waals surface area contributed by atoms with Gasteiger partial charge < -0.3 is 0 Å². The second-order valence-electron chi connectivity index (χ2n) is 3.45. The molecular weight excluding hydrogens is 194 g/mol. The van der Waals surface area contributed by atoms with E-state index in [-0.39, 0.29) is 24.8 Å². The molecule has 15 heavy (non-hydrogen) atoms. The third-order valence-corrected chi connectivity index (χ3v) is 2.29. The first-order chi connectivity index (χ1) is 6.68. The Morgan fingerprint density at radius 3 is 2.60 bits per heavy atom. The number of nitro groups is 1. The van der Waals surface area contributed by atoms with Gasteiger partial charge in [-0.3, -0.25) is 14.9 Å². The van der Waals surface area contributed by atoms with Crippen molar-refractivity contribution in [3.63, 3.8) is 0 Å². The summed E-state index contributed by atoms with van der Waals surface area (Å²) >= 11 is 0. The summed E-state index contributed by atoms with van der Waals surface area (Å²) in [5, 5.41) is 10.5. The second kappa shape index (κ2) is 4.21. The smallest absolute Gasteiger partial charge is 0.270 e. The van der Waals surface area contributed by atoms with Gasteiger partial charge in [0.15, 0.2) is 5.78 Å². The number of hydrogen-bond acceptors (Lipinski definition) is 3. The van der Waals surface area contributed by atoms with E-state index >= 15 is 0 Å². The number of carbonyl (C=O) groups excluding carboxylic acids is 1. The minimum atomic E-state index is -0.482. The minimum absolute atomic E-state index is 0. The molecule has 0 spiro atoms. The van der Waals surface area contributed by atoms with E-state index in [1.54, 1.807) is 12.1 Å². The molecule has 1 saturated carbocycles. The molecule has 0 radical (unpaired) electrons. The Morgan fingerprint density at radius 1 is 1.40 bits per heavy atom. The first-order valence-electron chi connectivity index (χ1n) is 4.47. The zero-order valence-corrected chi connectivity index (χ0v) is 7.47. The van der Waals surface area contributed by atoms with Crippen LogP contribution in [-0.2, 0) is 0 Å². The molecule has 4 heteroatoms. The summed E-state index contributed by atoms with van der Waals surface area (Å²) in [5.74, 6) is 0.144. The van der Waals surface area contributed by atoms with E-state index in [1.807, 2.05) is 0 Å². The van der Waals surface area contributed by atoms with Gasteiger partial charge in [-0.1, -0.05) is 19.6 Å². The van der Waals surface area contributed by atoms with Crippen molar-refractivity contribution in [2.45, 2.75) is 20.3 Å². The van der Waals surface area contributed by atoms with Crippen molar-refractivity contribution >= 4 is 11.5 Å². The van der Waals surface area contributed by atoms with Crippen molar-refractivity contribution in [1.82, 2.24) is 0 Å². The molecule has 1 aliphatic carbocycles. The van der Waals surface area contributed by atoms with Gasteiger partial charge in [-0.05, 0) is 12.8 Å². The summed E-state index contributed by atoms with van der Waals surface area (Å²) < 4.78 is 0. The summed E-state index contributed by atoms with van der Waals surface area (Å²) in [4.78, 5) is 21.5. The maximum atomic E-state index is 11.6. The molecule has 1 aromatic rings. The van der Waals surface area contributed by atoms with Crippen molar-refractivity contribution in [3.05, 3.63) is 39.9 Å². The first kappa shape index (κ1) is 11.4. The van der Waals surface area contributed by atoms with Crippen LogP contribution >= 0.6 is 0 Å². The molecule has 1 aliphatic rings. The molecule has 0 aromatic heterocycles. The number of non-ortho nitro benzene ring substituents is 1. The van der Waals surface area contributed by atoms with Gasteiger partial charge in [-0.25, -0.2) is 0 Å². The second-order valence-corrected chi connectivity index (χ2v) is 3.45. The molecule has 0 atom stereocenters. The normalized spacial score (nSPS) is 14.1. The Kier molecular flexibility index (Phi) is 3.19. The molecule has 0 amide bonds. The highest BCUT2D eigenvalue weighted by Gasteiger charge is 2.30. The van der Waals surface area contributed by atoms with Crippen LogP contribution in [0.4, 0.5) is 5.69 Å². The van der Waals surface area contributed by atoms with Crippen molar-refractivity contribution in [2.75, 3.05) is 0 Å². The van der Waals surface area contributed by atoms with Crippen LogP contribution in [0.25, 0.3) is 0 Å². The molecule has 2 rings (SSSR count). The van der Waals surface area contributed by atoms with Gasteiger partial charge in [0.1, 0.15) is 0 Å². The fourth-order valence-corrected chi connectivity index (χ4v) is 1.35. The molecule has 1 fully saturated rings. The Morgan fingerprint density at radius 2 is 2.07 bits per heavy atom. The van der Waals surface area contributed by atoms with Crippen LogP contribution < -0.4 is 0 Å². The third kappa shape index (κ3) is 2.40. The molecule has 4 nitrogen and oxygen atoms in total. The fraction of sp³-hybridized carbons (Fsp3) is 0.364. The fourth-order valence-electron chi connectivity index (χ4n) is 1.35. The Hall–Kier alpha value is -1.71. The number of hydrogen-bond donors (Lipinski definition) is 0. The lowest BCUT2D eigenvalue weighted by Crippen LogP contribution is -2.01. The average Bonchev–Trinajstić information content (AvgIpc) is 3.00. The molecule has 1 aromatic carbocycles. The predicted octanol–water partition coefficient (Wildman–Crippen LogP) is 2.82. The summed E-state index contributed by atoms with van der Waals surface area (Å²) in [6.45, 7) is 0. The summed E-state index contributed by atoms with van der Waals surface area (Å²) in [6.07, 6.45) is 1.84. The van der Waals surface area contributed by atoms with Gasteiger partial charge in [0.2, 0.25) is 0 Å². The van der Waals surface area contributed by atoms with Crippen LogP contribution in [0.15, 0.2) is 24.3 Å². The molecule has 80 valence electrons. The van der Waals surface area contributed by atoms with Crippen molar-refractivity contribution in [2.24, 2.45) is 5.92 Å². The number of ketones is 1. The number of Topliss-reactive ketones (excluding diaryl/α,β-unsaturated/α-hetero) is 1. The largest absolute Gasteiger partial charge is 0.294 e. The van der Waals surface area contributed by atoms with E-state index in [1.165, 1.54) is 12.1 Å². The molecule has 0 bridgehead atoms. The van der Waals surface area contributed by atoms with Crippen LogP contribution in [0.5, 0.6) is 0 Å². The molecule has 0 aliphatic heterocycles.